The molecule has 20 heavy (non-hydrogen) atoms. The lowest BCUT2D eigenvalue weighted by Gasteiger charge is -2.08. The number of hydrogen-bond donors (Lipinski definition) is 1. The van der Waals surface area contributed by atoms with Crippen molar-refractivity contribution in [3.05, 3.63) is 64.4 Å². The first kappa shape index (κ1) is 14.4. The van der Waals surface area contributed by atoms with Crippen LogP contribution in [0.1, 0.15) is 11.1 Å². The van der Waals surface area contributed by atoms with Gasteiger partial charge in [-0.3, -0.25) is 0 Å². The third-order valence-electron chi connectivity index (χ3n) is 2.57. The fourth-order valence-electron chi connectivity index (χ4n) is 1.60. The van der Waals surface area contributed by atoms with Crippen molar-refractivity contribution in [2.75, 3.05) is 6.61 Å². The van der Waals surface area contributed by atoms with E-state index in [0.29, 0.717) is 0 Å². The highest BCUT2D eigenvalue weighted by atomic mass is 35.5. The van der Waals surface area contributed by atoms with E-state index in [0.717, 1.165) is 11.1 Å². The summed E-state index contributed by atoms with van der Waals surface area (Å²) in [6.07, 6.45) is 0. The van der Waals surface area contributed by atoms with Gasteiger partial charge in [-0.05, 0) is 29.8 Å². The second-order valence-corrected chi connectivity index (χ2v) is 4.40. The molecular weight excluding hydrogens is 279 g/mol. The quantitative estimate of drug-likeness (QED) is 0.878. The average molecular weight is 291 g/mol. The highest BCUT2D eigenvalue weighted by molar-refractivity contribution is 6.32. The van der Waals surface area contributed by atoms with Gasteiger partial charge in [0.2, 0.25) is 0 Å². The van der Waals surface area contributed by atoms with Crippen LogP contribution in [-0.4, -0.2) is 11.7 Å². The zero-order valence-electron chi connectivity index (χ0n) is 10.6. The third kappa shape index (κ3) is 3.74. The summed E-state index contributed by atoms with van der Waals surface area (Å²) in [4.78, 5) is 0. The van der Waals surface area contributed by atoms with E-state index >= 15 is 0 Å². The minimum absolute atomic E-state index is 0.0540. The first-order valence-corrected chi connectivity index (χ1v) is 6.34. The fourth-order valence-corrected chi connectivity index (χ4v) is 1.82. The van der Waals surface area contributed by atoms with E-state index in [-0.39, 0.29) is 24.0 Å². The van der Waals surface area contributed by atoms with Gasteiger partial charge in [-0.1, -0.05) is 41.6 Å². The van der Waals surface area contributed by atoms with E-state index in [9.17, 15) is 4.39 Å². The van der Waals surface area contributed by atoms with Gasteiger partial charge in [-0.15, -0.1) is 0 Å². The number of halogens is 2. The molecular formula is C16H12ClFO2. The summed E-state index contributed by atoms with van der Waals surface area (Å²) < 4.78 is 18.9. The Kier molecular flexibility index (Phi) is 5.00. The van der Waals surface area contributed by atoms with Crippen molar-refractivity contribution >= 4 is 11.6 Å². The molecule has 0 aliphatic heterocycles. The first-order valence-electron chi connectivity index (χ1n) is 5.96. The van der Waals surface area contributed by atoms with E-state index in [1.807, 2.05) is 24.3 Å². The molecule has 2 nitrogen and oxygen atoms in total. The number of aliphatic hydroxyl groups excluding tert-OH is 1. The summed E-state index contributed by atoms with van der Waals surface area (Å²) in [5.41, 5.74) is 1.67. The maximum Gasteiger partial charge on any atom is 0.174 e. The van der Waals surface area contributed by atoms with E-state index in [1.165, 1.54) is 12.1 Å². The zero-order valence-corrected chi connectivity index (χ0v) is 11.3. The molecule has 0 unspecified atom stereocenters. The molecule has 2 aromatic rings. The summed E-state index contributed by atoms with van der Waals surface area (Å²) >= 11 is 5.87. The van der Waals surface area contributed by atoms with Gasteiger partial charge >= 0.3 is 0 Å². The average Bonchev–Trinajstić information content (AvgIpc) is 2.46. The largest absolute Gasteiger partial charge is 0.484 e. The fraction of sp³-hybridized carbons (Fsp3) is 0.125. The van der Waals surface area contributed by atoms with Crippen LogP contribution in [-0.2, 0) is 6.61 Å². The van der Waals surface area contributed by atoms with Crippen LogP contribution in [0, 0.1) is 17.7 Å². The number of hydrogen-bond acceptors (Lipinski definition) is 2. The number of rotatable bonds is 3. The molecule has 102 valence electrons. The third-order valence-corrected chi connectivity index (χ3v) is 2.87. The standard InChI is InChI=1S/C16H12ClFO2/c17-14-4-1-5-15(18)16(14)20-11-13-8-6-12(7-9-13)3-2-10-19/h1,4-9,19H,10-11H2. The molecule has 1 N–H and O–H groups in total. The minimum Gasteiger partial charge on any atom is -0.484 e. The number of benzene rings is 2. The predicted molar refractivity (Wildman–Crippen MR) is 76.1 cm³/mol. The van der Waals surface area contributed by atoms with Gasteiger partial charge in [0.1, 0.15) is 13.2 Å². The second kappa shape index (κ2) is 6.95. The predicted octanol–water partition coefficient (Wildman–Crippen LogP) is 3.40. The lowest BCUT2D eigenvalue weighted by Crippen LogP contribution is -1.98. The van der Waals surface area contributed by atoms with Gasteiger partial charge in [0.15, 0.2) is 11.6 Å². The Balaban J connectivity index is 2.04. The van der Waals surface area contributed by atoms with Gasteiger partial charge in [0, 0.05) is 5.56 Å². The number of aliphatic hydroxyl groups is 1. The van der Waals surface area contributed by atoms with Crippen LogP contribution in [0.25, 0.3) is 0 Å². The molecule has 4 heteroatoms. The van der Waals surface area contributed by atoms with Gasteiger partial charge in [-0.2, -0.15) is 0 Å². The van der Waals surface area contributed by atoms with Crippen LogP contribution in [0.4, 0.5) is 4.39 Å². The molecule has 0 fully saturated rings. The van der Waals surface area contributed by atoms with Crippen molar-refractivity contribution in [3.8, 4) is 17.6 Å². The second-order valence-electron chi connectivity index (χ2n) is 4.00. The van der Waals surface area contributed by atoms with Gasteiger partial charge in [0.05, 0.1) is 5.02 Å². The molecule has 0 aliphatic rings. The molecule has 2 rings (SSSR count). The zero-order chi connectivity index (χ0) is 14.4. The first-order chi connectivity index (χ1) is 9.70. The van der Waals surface area contributed by atoms with E-state index in [2.05, 4.69) is 11.8 Å². The van der Waals surface area contributed by atoms with Crippen LogP contribution in [0.15, 0.2) is 42.5 Å². The molecule has 0 heterocycles. The van der Waals surface area contributed by atoms with Crippen LogP contribution < -0.4 is 4.74 Å². The van der Waals surface area contributed by atoms with E-state index < -0.39 is 5.82 Å². The number of ether oxygens (including phenoxy) is 1. The maximum absolute atomic E-state index is 13.5. The Bertz CT molecular complexity index is 622. The molecule has 0 spiro atoms. The van der Waals surface area contributed by atoms with Crippen LogP contribution >= 0.6 is 11.6 Å². The molecule has 0 bridgehead atoms. The highest BCUT2D eigenvalue weighted by Crippen LogP contribution is 2.27. The molecule has 0 aromatic heterocycles. The lowest BCUT2D eigenvalue weighted by molar-refractivity contribution is 0.290. The Morgan fingerprint density at radius 2 is 1.90 bits per heavy atom. The molecule has 0 radical (unpaired) electrons. The Morgan fingerprint density at radius 1 is 1.15 bits per heavy atom. The Hall–Kier alpha value is -2.02. The SMILES string of the molecule is OCC#Cc1ccc(COc2c(F)cccc2Cl)cc1. The monoisotopic (exact) mass is 290 g/mol. The van der Waals surface area contributed by atoms with Crippen molar-refractivity contribution in [2.24, 2.45) is 0 Å². The molecule has 0 atom stereocenters. The smallest absolute Gasteiger partial charge is 0.174 e. The molecule has 0 saturated heterocycles. The Labute approximate surface area is 121 Å². The normalized spacial score (nSPS) is 9.75. The summed E-state index contributed by atoms with van der Waals surface area (Å²) in [6.45, 7) is 0.0466. The highest BCUT2D eigenvalue weighted by Gasteiger charge is 2.07. The van der Waals surface area contributed by atoms with Crippen molar-refractivity contribution in [1.29, 1.82) is 0 Å². The molecule has 2 aromatic carbocycles. The molecule has 0 saturated carbocycles. The summed E-state index contributed by atoms with van der Waals surface area (Å²) in [7, 11) is 0. The van der Waals surface area contributed by atoms with Crippen LogP contribution in [0.5, 0.6) is 5.75 Å². The van der Waals surface area contributed by atoms with Gasteiger partial charge in [-0.25, -0.2) is 4.39 Å². The van der Waals surface area contributed by atoms with E-state index in [4.69, 9.17) is 21.4 Å². The van der Waals surface area contributed by atoms with Crippen molar-refractivity contribution in [1.82, 2.24) is 0 Å². The Morgan fingerprint density at radius 3 is 2.55 bits per heavy atom. The van der Waals surface area contributed by atoms with Gasteiger partial charge in [0.25, 0.3) is 0 Å². The molecule has 0 aliphatic carbocycles. The molecule has 0 amide bonds. The van der Waals surface area contributed by atoms with Crippen molar-refractivity contribution in [2.45, 2.75) is 6.61 Å². The lowest BCUT2D eigenvalue weighted by atomic mass is 10.1. The van der Waals surface area contributed by atoms with Crippen LogP contribution in [0.2, 0.25) is 5.02 Å². The summed E-state index contributed by atoms with van der Waals surface area (Å²) in [5.74, 6) is 4.93. The minimum atomic E-state index is -0.483. The topological polar surface area (TPSA) is 29.5 Å². The summed E-state index contributed by atoms with van der Waals surface area (Å²) in [6, 6.07) is 11.7. The van der Waals surface area contributed by atoms with Crippen molar-refractivity contribution < 1.29 is 14.2 Å². The number of para-hydroxylation sites is 1. The van der Waals surface area contributed by atoms with Crippen molar-refractivity contribution in [3.63, 3.8) is 0 Å². The maximum atomic E-state index is 13.5. The van der Waals surface area contributed by atoms with Gasteiger partial charge < -0.3 is 9.84 Å². The summed E-state index contributed by atoms with van der Waals surface area (Å²) in [5, 5.41) is 8.85. The van der Waals surface area contributed by atoms with Crippen LogP contribution in [0.3, 0.4) is 0 Å². The van der Waals surface area contributed by atoms with E-state index in [1.54, 1.807) is 6.07 Å².